The molecule has 18 heavy (non-hydrogen) atoms. The summed E-state index contributed by atoms with van der Waals surface area (Å²) in [5.74, 6) is 0.313. The minimum Gasteiger partial charge on any atom is -0.508 e. The van der Waals surface area contributed by atoms with Crippen molar-refractivity contribution in [2.45, 2.75) is 26.1 Å². The smallest absolute Gasteiger partial charge is 0.154 e. The number of hydrogen-bond donors (Lipinski definition) is 1. The fraction of sp³-hybridized carbons (Fsp3) is 0.385. The Bertz CT molecular complexity index is 671. The number of benzene rings is 1. The largest absolute Gasteiger partial charge is 0.508 e. The first-order chi connectivity index (χ1) is 8.46. The summed E-state index contributed by atoms with van der Waals surface area (Å²) in [6.45, 7) is 4.42. The van der Waals surface area contributed by atoms with Crippen LogP contribution in [0.25, 0.3) is 10.9 Å². The topological polar surface area (TPSA) is 59.3 Å². The van der Waals surface area contributed by atoms with E-state index < -0.39 is 9.84 Å². The van der Waals surface area contributed by atoms with E-state index in [0.717, 1.165) is 23.0 Å². The molecule has 1 aromatic heterocycles. The van der Waals surface area contributed by atoms with Gasteiger partial charge in [0.15, 0.2) is 9.84 Å². The number of nitrogens with zero attached hydrogens (tertiary/aromatic N) is 1. The van der Waals surface area contributed by atoms with Crippen LogP contribution in [0.3, 0.4) is 0 Å². The van der Waals surface area contributed by atoms with E-state index in [2.05, 4.69) is 0 Å². The van der Waals surface area contributed by atoms with Gasteiger partial charge in [-0.15, -0.1) is 0 Å². The van der Waals surface area contributed by atoms with Crippen LogP contribution in [0, 0.1) is 0 Å². The number of phenols is 1. The molecule has 1 aromatic carbocycles. The molecule has 0 atom stereocenters. The Balaban J connectivity index is 2.60. The molecule has 0 saturated carbocycles. The monoisotopic (exact) mass is 267 g/mol. The lowest BCUT2D eigenvalue weighted by Gasteiger charge is -2.00. The average molecular weight is 267 g/mol. The SMILES string of the molecule is CCn1cc(CS(=O)(=O)CC)c2cc(O)ccc21. The van der Waals surface area contributed by atoms with Crippen molar-refractivity contribution < 1.29 is 13.5 Å². The second-order valence-corrected chi connectivity index (χ2v) is 6.67. The molecule has 2 rings (SSSR count). The summed E-state index contributed by atoms with van der Waals surface area (Å²) in [5.41, 5.74) is 1.71. The van der Waals surface area contributed by atoms with Crippen LogP contribution in [-0.4, -0.2) is 23.8 Å². The third-order valence-electron chi connectivity index (χ3n) is 3.10. The van der Waals surface area contributed by atoms with Crippen LogP contribution in [-0.2, 0) is 22.1 Å². The van der Waals surface area contributed by atoms with Crippen molar-refractivity contribution in [3.63, 3.8) is 0 Å². The van der Waals surface area contributed by atoms with E-state index >= 15 is 0 Å². The van der Waals surface area contributed by atoms with Crippen LogP contribution in [0.5, 0.6) is 5.75 Å². The molecular weight excluding hydrogens is 250 g/mol. The van der Waals surface area contributed by atoms with Crippen LogP contribution in [0.1, 0.15) is 19.4 Å². The van der Waals surface area contributed by atoms with Gasteiger partial charge in [-0.25, -0.2) is 8.42 Å². The van der Waals surface area contributed by atoms with Gasteiger partial charge in [0.1, 0.15) is 5.75 Å². The predicted octanol–water partition coefficient (Wildman–Crippen LogP) is 2.30. The van der Waals surface area contributed by atoms with E-state index in [4.69, 9.17) is 0 Å². The van der Waals surface area contributed by atoms with Crippen LogP contribution in [0.15, 0.2) is 24.4 Å². The predicted molar refractivity (Wildman–Crippen MR) is 72.4 cm³/mol. The first-order valence-corrected chi connectivity index (χ1v) is 7.80. The van der Waals surface area contributed by atoms with Gasteiger partial charge >= 0.3 is 0 Å². The number of sulfone groups is 1. The fourth-order valence-electron chi connectivity index (χ4n) is 2.07. The molecule has 1 heterocycles. The summed E-state index contributed by atoms with van der Waals surface area (Å²) in [6, 6.07) is 5.06. The van der Waals surface area contributed by atoms with E-state index in [9.17, 15) is 13.5 Å². The summed E-state index contributed by atoms with van der Waals surface area (Å²) in [7, 11) is -3.07. The van der Waals surface area contributed by atoms with Crippen LogP contribution >= 0.6 is 0 Å². The number of fused-ring (bicyclic) bond motifs is 1. The number of aromatic hydroxyl groups is 1. The van der Waals surface area contributed by atoms with Gasteiger partial charge in [-0.1, -0.05) is 6.92 Å². The van der Waals surface area contributed by atoms with E-state index in [-0.39, 0.29) is 17.3 Å². The van der Waals surface area contributed by atoms with Gasteiger partial charge < -0.3 is 9.67 Å². The number of phenolic OH excluding ortho intramolecular Hbond substituents is 1. The molecule has 1 N–H and O–H groups in total. The van der Waals surface area contributed by atoms with Crippen molar-refractivity contribution >= 4 is 20.7 Å². The van der Waals surface area contributed by atoms with Crippen molar-refractivity contribution in [2.24, 2.45) is 0 Å². The zero-order valence-corrected chi connectivity index (χ0v) is 11.4. The van der Waals surface area contributed by atoms with Gasteiger partial charge in [0.05, 0.1) is 5.75 Å². The third kappa shape index (κ3) is 2.36. The first-order valence-electron chi connectivity index (χ1n) is 5.98. The van der Waals surface area contributed by atoms with Gasteiger partial charge in [0.2, 0.25) is 0 Å². The molecule has 0 fully saturated rings. The number of aryl methyl sites for hydroxylation is 1. The lowest BCUT2D eigenvalue weighted by molar-refractivity contribution is 0.476. The minimum atomic E-state index is -3.07. The number of rotatable bonds is 4. The first kappa shape index (κ1) is 13.0. The summed E-state index contributed by atoms with van der Waals surface area (Å²) >= 11 is 0. The Morgan fingerprint density at radius 2 is 2.00 bits per heavy atom. The van der Waals surface area contributed by atoms with Gasteiger partial charge in [-0.3, -0.25) is 0 Å². The Labute approximate surface area is 107 Å². The fourth-order valence-corrected chi connectivity index (χ4v) is 2.98. The molecule has 0 bridgehead atoms. The maximum Gasteiger partial charge on any atom is 0.154 e. The Morgan fingerprint density at radius 3 is 2.61 bits per heavy atom. The second kappa shape index (κ2) is 4.65. The van der Waals surface area contributed by atoms with E-state index in [0.29, 0.717) is 0 Å². The van der Waals surface area contributed by atoms with E-state index in [1.165, 1.54) is 0 Å². The van der Waals surface area contributed by atoms with E-state index in [1.54, 1.807) is 19.1 Å². The summed E-state index contributed by atoms with van der Waals surface area (Å²) in [4.78, 5) is 0. The molecule has 5 heteroatoms. The van der Waals surface area contributed by atoms with Crippen molar-refractivity contribution in [2.75, 3.05) is 5.75 Å². The lowest BCUT2D eigenvalue weighted by atomic mass is 10.2. The van der Waals surface area contributed by atoms with Gasteiger partial charge in [-0.05, 0) is 30.7 Å². The summed E-state index contributed by atoms with van der Waals surface area (Å²) < 4.78 is 25.4. The van der Waals surface area contributed by atoms with Crippen molar-refractivity contribution in [3.8, 4) is 5.75 Å². The Kier molecular flexibility index (Phi) is 3.34. The Morgan fingerprint density at radius 1 is 1.28 bits per heavy atom. The van der Waals surface area contributed by atoms with Gasteiger partial charge in [0, 0.05) is 29.4 Å². The number of aromatic nitrogens is 1. The molecule has 0 spiro atoms. The molecule has 2 aromatic rings. The van der Waals surface area contributed by atoms with Crippen LogP contribution < -0.4 is 0 Å². The van der Waals surface area contributed by atoms with Crippen LogP contribution in [0.2, 0.25) is 0 Å². The molecular formula is C13H17NO3S. The highest BCUT2D eigenvalue weighted by molar-refractivity contribution is 7.90. The molecule has 4 nitrogen and oxygen atoms in total. The zero-order chi connectivity index (χ0) is 13.3. The van der Waals surface area contributed by atoms with Gasteiger partial charge in [-0.2, -0.15) is 0 Å². The quantitative estimate of drug-likeness (QED) is 0.924. The molecule has 0 saturated heterocycles. The minimum absolute atomic E-state index is 0.0243. The molecule has 0 unspecified atom stereocenters. The molecule has 0 amide bonds. The molecule has 0 radical (unpaired) electrons. The number of hydrogen-bond acceptors (Lipinski definition) is 3. The van der Waals surface area contributed by atoms with Gasteiger partial charge in [0.25, 0.3) is 0 Å². The highest BCUT2D eigenvalue weighted by Crippen LogP contribution is 2.27. The summed E-state index contributed by atoms with van der Waals surface area (Å²) in [5, 5.41) is 10.3. The van der Waals surface area contributed by atoms with E-state index in [1.807, 2.05) is 23.8 Å². The average Bonchev–Trinajstić information content (AvgIpc) is 2.66. The van der Waals surface area contributed by atoms with Crippen molar-refractivity contribution in [1.82, 2.24) is 4.57 Å². The molecule has 0 aliphatic heterocycles. The summed E-state index contributed by atoms with van der Waals surface area (Å²) in [6.07, 6.45) is 1.86. The Hall–Kier alpha value is -1.49. The normalized spacial score (nSPS) is 12.1. The zero-order valence-electron chi connectivity index (χ0n) is 10.5. The highest BCUT2D eigenvalue weighted by atomic mass is 32.2. The highest BCUT2D eigenvalue weighted by Gasteiger charge is 2.15. The van der Waals surface area contributed by atoms with Crippen LogP contribution in [0.4, 0.5) is 0 Å². The lowest BCUT2D eigenvalue weighted by Crippen LogP contribution is -2.06. The van der Waals surface area contributed by atoms with Crippen molar-refractivity contribution in [3.05, 3.63) is 30.0 Å². The third-order valence-corrected chi connectivity index (χ3v) is 4.73. The molecule has 98 valence electrons. The standard InChI is InChI=1S/C13H17NO3S/c1-3-14-8-10(9-18(16,17)4-2)12-7-11(15)5-6-13(12)14/h5-8,15H,3-4,9H2,1-2H3. The molecule has 0 aliphatic rings. The maximum absolute atomic E-state index is 11.7. The maximum atomic E-state index is 11.7. The molecule has 0 aliphatic carbocycles. The second-order valence-electron chi connectivity index (χ2n) is 4.32. The van der Waals surface area contributed by atoms with Crippen molar-refractivity contribution in [1.29, 1.82) is 0 Å².